The number of imidazole rings is 1. The zero-order valence-corrected chi connectivity index (χ0v) is 11.9. The van der Waals surface area contributed by atoms with Crippen LogP contribution in [0.4, 0.5) is 0 Å². The molecule has 5 heteroatoms. The molecule has 2 N–H and O–H groups in total. The Labute approximate surface area is 123 Å². The predicted octanol–water partition coefficient (Wildman–Crippen LogP) is 2.28. The molecule has 0 aliphatic heterocycles. The Morgan fingerprint density at radius 3 is 3.10 bits per heavy atom. The molecular weight excluding hydrogens is 264 g/mol. The maximum absolute atomic E-state index is 12.1. The lowest BCUT2D eigenvalue weighted by atomic mass is 10.1. The van der Waals surface area contributed by atoms with Gasteiger partial charge in [-0.1, -0.05) is 18.2 Å². The van der Waals surface area contributed by atoms with Gasteiger partial charge in [0.15, 0.2) is 0 Å². The molecule has 21 heavy (non-hydrogen) atoms. The van der Waals surface area contributed by atoms with Crippen LogP contribution in [0.25, 0.3) is 10.9 Å². The van der Waals surface area contributed by atoms with Gasteiger partial charge in [0, 0.05) is 36.0 Å². The number of hydrogen-bond acceptors (Lipinski definition) is 2. The van der Waals surface area contributed by atoms with Crippen LogP contribution in [0.2, 0.25) is 0 Å². The number of carbonyl (C=O) groups is 1. The van der Waals surface area contributed by atoms with E-state index in [1.165, 1.54) is 10.9 Å². The minimum absolute atomic E-state index is 0.00726. The highest BCUT2D eigenvalue weighted by atomic mass is 16.2. The van der Waals surface area contributed by atoms with E-state index in [-0.39, 0.29) is 11.9 Å². The van der Waals surface area contributed by atoms with E-state index in [1.807, 2.05) is 25.3 Å². The van der Waals surface area contributed by atoms with Crippen molar-refractivity contribution < 1.29 is 4.79 Å². The SMILES string of the molecule is C[C@H](C(=O)NCCc1c[nH]c2ccccc12)n1ccnc1. The highest BCUT2D eigenvalue weighted by Gasteiger charge is 2.13. The third kappa shape index (κ3) is 2.81. The quantitative estimate of drug-likeness (QED) is 0.754. The second-order valence-electron chi connectivity index (χ2n) is 5.09. The first-order valence-corrected chi connectivity index (χ1v) is 7.06. The number of aromatic nitrogens is 3. The Morgan fingerprint density at radius 2 is 2.29 bits per heavy atom. The summed E-state index contributed by atoms with van der Waals surface area (Å²) >= 11 is 0. The van der Waals surface area contributed by atoms with Crippen molar-refractivity contribution in [1.82, 2.24) is 19.9 Å². The summed E-state index contributed by atoms with van der Waals surface area (Å²) in [6.45, 7) is 2.49. The molecule has 0 unspecified atom stereocenters. The predicted molar refractivity (Wildman–Crippen MR) is 82.0 cm³/mol. The van der Waals surface area contributed by atoms with E-state index in [1.54, 1.807) is 23.3 Å². The van der Waals surface area contributed by atoms with Gasteiger partial charge in [0.05, 0.1) is 6.33 Å². The average Bonchev–Trinajstić information content (AvgIpc) is 3.16. The standard InChI is InChI=1S/C16H18N4O/c1-12(20-9-8-17-11-20)16(21)18-7-6-13-10-19-15-5-3-2-4-14(13)15/h2-5,8-12,19H,6-7H2,1H3,(H,18,21)/t12-/m1/s1. The van der Waals surface area contributed by atoms with Crippen molar-refractivity contribution in [2.75, 3.05) is 6.54 Å². The van der Waals surface area contributed by atoms with Crippen molar-refractivity contribution >= 4 is 16.8 Å². The van der Waals surface area contributed by atoms with Gasteiger partial charge < -0.3 is 14.9 Å². The molecular formula is C16H18N4O. The molecule has 0 radical (unpaired) electrons. The third-order valence-corrected chi connectivity index (χ3v) is 3.72. The summed E-state index contributed by atoms with van der Waals surface area (Å²) in [6, 6.07) is 7.95. The number of rotatable bonds is 5. The summed E-state index contributed by atoms with van der Waals surface area (Å²) in [5.74, 6) is 0.00726. The maximum atomic E-state index is 12.1. The molecule has 0 aliphatic rings. The van der Waals surface area contributed by atoms with Gasteiger partial charge in [-0.15, -0.1) is 0 Å². The molecule has 0 bridgehead atoms. The van der Waals surface area contributed by atoms with Gasteiger partial charge in [0.1, 0.15) is 6.04 Å². The molecule has 5 nitrogen and oxygen atoms in total. The smallest absolute Gasteiger partial charge is 0.242 e. The Kier molecular flexibility index (Phi) is 3.73. The van der Waals surface area contributed by atoms with E-state index in [0.29, 0.717) is 6.54 Å². The fraction of sp³-hybridized carbons (Fsp3) is 0.250. The lowest BCUT2D eigenvalue weighted by molar-refractivity contribution is -0.123. The van der Waals surface area contributed by atoms with Crippen molar-refractivity contribution in [3.05, 3.63) is 54.7 Å². The minimum atomic E-state index is -0.240. The van der Waals surface area contributed by atoms with Gasteiger partial charge in [0.2, 0.25) is 5.91 Å². The van der Waals surface area contributed by atoms with E-state index in [4.69, 9.17) is 0 Å². The van der Waals surface area contributed by atoms with Crippen LogP contribution in [0.15, 0.2) is 49.2 Å². The van der Waals surface area contributed by atoms with Crippen LogP contribution < -0.4 is 5.32 Å². The van der Waals surface area contributed by atoms with Gasteiger partial charge in [0.25, 0.3) is 0 Å². The first-order valence-electron chi connectivity index (χ1n) is 7.06. The molecule has 0 fully saturated rings. The van der Waals surface area contributed by atoms with Crippen LogP contribution in [0.3, 0.4) is 0 Å². The normalized spacial score (nSPS) is 12.4. The number of H-pyrrole nitrogens is 1. The van der Waals surface area contributed by atoms with Crippen LogP contribution >= 0.6 is 0 Å². The average molecular weight is 282 g/mol. The second-order valence-corrected chi connectivity index (χ2v) is 5.09. The first-order chi connectivity index (χ1) is 10.3. The number of amides is 1. The zero-order valence-electron chi connectivity index (χ0n) is 11.9. The van der Waals surface area contributed by atoms with Gasteiger partial charge in [-0.3, -0.25) is 4.79 Å². The Bertz CT molecular complexity index is 730. The van der Waals surface area contributed by atoms with Crippen LogP contribution in [-0.2, 0) is 11.2 Å². The summed E-state index contributed by atoms with van der Waals surface area (Å²) in [5.41, 5.74) is 2.35. The summed E-state index contributed by atoms with van der Waals surface area (Å²) in [7, 11) is 0. The molecule has 0 saturated carbocycles. The molecule has 2 aromatic heterocycles. The lowest BCUT2D eigenvalue weighted by Gasteiger charge is -2.13. The fourth-order valence-electron chi connectivity index (χ4n) is 2.44. The van der Waals surface area contributed by atoms with Gasteiger partial charge in [-0.25, -0.2) is 4.98 Å². The summed E-state index contributed by atoms with van der Waals surface area (Å²) in [6.07, 6.45) is 7.95. The zero-order chi connectivity index (χ0) is 14.7. The summed E-state index contributed by atoms with van der Waals surface area (Å²) < 4.78 is 1.79. The van der Waals surface area contributed by atoms with E-state index >= 15 is 0 Å². The number of para-hydroxylation sites is 1. The molecule has 0 aliphatic carbocycles. The maximum Gasteiger partial charge on any atom is 0.242 e. The van der Waals surface area contributed by atoms with Gasteiger partial charge in [-0.05, 0) is 25.0 Å². The van der Waals surface area contributed by atoms with Crippen molar-refractivity contribution in [3.8, 4) is 0 Å². The Morgan fingerprint density at radius 1 is 1.43 bits per heavy atom. The number of carbonyl (C=O) groups excluding carboxylic acids is 1. The Balaban J connectivity index is 1.57. The van der Waals surface area contributed by atoms with Crippen molar-refractivity contribution in [2.45, 2.75) is 19.4 Å². The number of nitrogens with one attached hydrogen (secondary N) is 2. The molecule has 3 aromatic rings. The van der Waals surface area contributed by atoms with Crippen LogP contribution in [-0.4, -0.2) is 27.0 Å². The first kappa shape index (κ1) is 13.4. The van der Waals surface area contributed by atoms with Crippen molar-refractivity contribution in [3.63, 3.8) is 0 Å². The highest BCUT2D eigenvalue weighted by Crippen LogP contribution is 2.17. The molecule has 0 saturated heterocycles. The highest BCUT2D eigenvalue weighted by molar-refractivity contribution is 5.83. The lowest BCUT2D eigenvalue weighted by Crippen LogP contribution is -2.32. The van der Waals surface area contributed by atoms with Gasteiger partial charge >= 0.3 is 0 Å². The molecule has 1 aromatic carbocycles. The topological polar surface area (TPSA) is 62.7 Å². The monoisotopic (exact) mass is 282 g/mol. The molecule has 1 amide bonds. The van der Waals surface area contributed by atoms with Crippen molar-refractivity contribution in [1.29, 1.82) is 0 Å². The molecule has 0 spiro atoms. The third-order valence-electron chi connectivity index (χ3n) is 3.72. The van der Waals surface area contributed by atoms with Crippen LogP contribution in [0, 0.1) is 0 Å². The van der Waals surface area contributed by atoms with E-state index in [2.05, 4.69) is 27.4 Å². The Hall–Kier alpha value is -2.56. The molecule has 1 atom stereocenters. The summed E-state index contributed by atoms with van der Waals surface area (Å²) in [5, 5.41) is 4.19. The van der Waals surface area contributed by atoms with Crippen LogP contribution in [0.1, 0.15) is 18.5 Å². The number of fused-ring (bicyclic) bond motifs is 1. The van der Waals surface area contributed by atoms with E-state index < -0.39 is 0 Å². The largest absolute Gasteiger partial charge is 0.361 e. The molecule has 108 valence electrons. The van der Waals surface area contributed by atoms with Gasteiger partial charge in [-0.2, -0.15) is 0 Å². The number of hydrogen-bond donors (Lipinski definition) is 2. The number of benzene rings is 1. The number of nitrogens with zero attached hydrogens (tertiary/aromatic N) is 2. The fourth-order valence-corrected chi connectivity index (χ4v) is 2.44. The summed E-state index contributed by atoms with van der Waals surface area (Å²) in [4.78, 5) is 19.3. The number of aromatic amines is 1. The molecule has 2 heterocycles. The van der Waals surface area contributed by atoms with E-state index in [9.17, 15) is 4.79 Å². The van der Waals surface area contributed by atoms with Crippen LogP contribution in [0.5, 0.6) is 0 Å². The second kappa shape index (κ2) is 5.83. The van der Waals surface area contributed by atoms with Crippen molar-refractivity contribution in [2.24, 2.45) is 0 Å². The molecule has 3 rings (SSSR count). The minimum Gasteiger partial charge on any atom is -0.361 e. The van der Waals surface area contributed by atoms with E-state index in [0.717, 1.165) is 11.9 Å².